The number of benzene rings is 2. The van der Waals surface area contributed by atoms with E-state index >= 15 is 0 Å². The lowest BCUT2D eigenvalue weighted by molar-refractivity contribution is 1.11. The minimum atomic E-state index is 0.883. The monoisotopic (exact) mass is 293 g/mol. The van der Waals surface area contributed by atoms with Gasteiger partial charge < -0.3 is 5.32 Å². The third kappa shape index (κ3) is 3.34. The highest BCUT2D eigenvalue weighted by Crippen LogP contribution is 2.28. The molecule has 0 radical (unpaired) electrons. The van der Waals surface area contributed by atoms with Crippen LogP contribution in [0.5, 0.6) is 0 Å². The first-order valence-corrected chi connectivity index (χ1v) is 8.14. The Morgan fingerprint density at radius 2 is 1.62 bits per heavy atom. The summed E-state index contributed by atoms with van der Waals surface area (Å²) >= 11 is 1.86. The predicted octanol–water partition coefficient (Wildman–Crippen LogP) is 5.59. The van der Waals surface area contributed by atoms with Gasteiger partial charge in [0.15, 0.2) is 0 Å². The van der Waals surface area contributed by atoms with E-state index in [1.807, 2.05) is 11.3 Å². The molecule has 1 nitrogen and oxygen atoms in total. The second-order valence-electron chi connectivity index (χ2n) is 5.00. The number of thiophene rings is 1. The molecule has 1 heterocycles. The number of para-hydroxylation sites is 1. The summed E-state index contributed by atoms with van der Waals surface area (Å²) in [6, 6.07) is 23.5. The minimum Gasteiger partial charge on any atom is -0.380 e. The minimum absolute atomic E-state index is 0.883. The molecule has 3 rings (SSSR count). The maximum atomic E-state index is 3.56. The average Bonchev–Trinajstić information content (AvgIpc) is 3.03. The highest BCUT2D eigenvalue weighted by molar-refractivity contribution is 7.15. The fourth-order valence-electron chi connectivity index (χ4n) is 2.41. The quantitative estimate of drug-likeness (QED) is 0.646. The van der Waals surface area contributed by atoms with E-state index in [2.05, 4.69) is 79.0 Å². The van der Waals surface area contributed by atoms with E-state index in [1.54, 1.807) is 0 Å². The Morgan fingerprint density at radius 1 is 0.857 bits per heavy atom. The van der Waals surface area contributed by atoms with E-state index in [9.17, 15) is 0 Å². The fourth-order valence-corrected chi connectivity index (χ4v) is 3.37. The van der Waals surface area contributed by atoms with Crippen molar-refractivity contribution in [1.29, 1.82) is 0 Å². The molecule has 106 valence electrons. The molecule has 0 bridgehead atoms. The smallest absolute Gasteiger partial charge is 0.0494 e. The average molecular weight is 293 g/mol. The van der Waals surface area contributed by atoms with Crippen LogP contribution in [0.3, 0.4) is 0 Å². The first kappa shape index (κ1) is 13.9. The summed E-state index contributed by atoms with van der Waals surface area (Å²) in [7, 11) is 0. The van der Waals surface area contributed by atoms with E-state index in [0.717, 1.165) is 13.0 Å². The summed E-state index contributed by atoms with van der Waals surface area (Å²) in [5.74, 6) is 0. The molecule has 1 N–H and O–H groups in total. The second-order valence-corrected chi connectivity index (χ2v) is 6.16. The van der Waals surface area contributed by atoms with Crippen LogP contribution in [0, 0.1) is 0 Å². The van der Waals surface area contributed by atoms with Gasteiger partial charge in [0.1, 0.15) is 0 Å². The standard InChI is InChI=1S/C19H19NS/c1-2-15-8-6-7-11-18(15)20-14-17-12-13-19(21-17)16-9-4-3-5-10-16/h3-13,20H,2,14H2,1H3. The Balaban J connectivity index is 1.71. The molecule has 2 heteroatoms. The van der Waals surface area contributed by atoms with Gasteiger partial charge in [0.05, 0.1) is 0 Å². The molecule has 0 aliphatic rings. The van der Waals surface area contributed by atoms with Crippen molar-refractivity contribution in [3.05, 3.63) is 77.2 Å². The van der Waals surface area contributed by atoms with Crippen LogP contribution in [-0.2, 0) is 13.0 Å². The zero-order chi connectivity index (χ0) is 14.5. The molecule has 0 unspecified atom stereocenters. The number of anilines is 1. The van der Waals surface area contributed by atoms with Crippen molar-refractivity contribution in [2.75, 3.05) is 5.32 Å². The summed E-state index contributed by atoms with van der Waals surface area (Å²) in [4.78, 5) is 2.69. The van der Waals surface area contributed by atoms with Crippen LogP contribution in [0.4, 0.5) is 5.69 Å². The van der Waals surface area contributed by atoms with Crippen LogP contribution in [0.25, 0.3) is 10.4 Å². The first-order chi connectivity index (χ1) is 10.4. The molecule has 0 saturated heterocycles. The highest BCUT2D eigenvalue weighted by atomic mass is 32.1. The van der Waals surface area contributed by atoms with Gasteiger partial charge in [-0.25, -0.2) is 0 Å². The normalized spacial score (nSPS) is 10.5. The van der Waals surface area contributed by atoms with Gasteiger partial charge >= 0.3 is 0 Å². The number of nitrogens with one attached hydrogen (secondary N) is 1. The van der Waals surface area contributed by atoms with E-state index in [1.165, 1.54) is 26.6 Å². The van der Waals surface area contributed by atoms with Gasteiger partial charge in [0.25, 0.3) is 0 Å². The van der Waals surface area contributed by atoms with Crippen LogP contribution in [-0.4, -0.2) is 0 Å². The van der Waals surface area contributed by atoms with Gasteiger partial charge in [-0.1, -0.05) is 55.5 Å². The van der Waals surface area contributed by atoms with Gasteiger partial charge in [-0.15, -0.1) is 11.3 Å². The fraction of sp³-hybridized carbons (Fsp3) is 0.158. The summed E-state index contributed by atoms with van der Waals surface area (Å²) in [5, 5.41) is 3.56. The molecule has 0 spiro atoms. The van der Waals surface area contributed by atoms with Crippen molar-refractivity contribution in [3.63, 3.8) is 0 Å². The molecular formula is C19H19NS. The maximum Gasteiger partial charge on any atom is 0.0494 e. The van der Waals surface area contributed by atoms with Crippen molar-refractivity contribution in [2.24, 2.45) is 0 Å². The maximum absolute atomic E-state index is 3.56. The third-order valence-electron chi connectivity index (χ3n) is 3.57. The van der Waals surface area contributed by atoms with Gasteiger partial charge in [-0.3, -0.25) is 0 Å². The zero-order valence-corrected chi connectivity index (χ0v) is 13.0. The van der Waals surface area contributed by atoms with Gasteiger partial charge in [0.2, 0.25) is 0 Å². The molecular weight excluding hydrogens is 274 g/mol. The molecule has 2 aromatic carbocycles. The van der Waals surface area contributed by atoms with Gasteiger partial charge in [0, 0.05) is 22.0 Å². The largest absolute Gasteiger partial charge is 0.380 e. The lowest BCUT2D eigenvalue weighted by Gasteiger charge is -2.09. The Morgan fingerprint density at radius 3 is 2.43 bits per heavy atom. The van der Waals surface area contributed by atoms with Crippen molar-refractivity contribution in [3.8, 4) is 10.4 Å². The molecule has 21 heavy (non-hydrogen) atoms. The van der Waals surface area contributed by atoms with Crippen molar-refractivity contribution < 1.29 is 0 Å². The van der Waals surface area contributed by atoms with Crippen molar-refractivity contribution in [2.45, 2.75) is 19.9 Å². The summed E-state index contributed by atoms with van der Waals surface area (Å²) in [6.07, 6.45) is 1.06. The molecule has 0 aliphatic carbocycles. The van der Waals surface area contributed by atoms with Crippen molar-refractivity contribution in [1.82, 2.24) is 0 Å². The van der Waals surface area contributed by atoms with Crippen LogP contribution in [0.1, 0.15) is 17.4 Å². The number of hydrogen-bond donors (Lipinski definition) is 1. The SMILES string of the molecule is CCc1ccccc1NCc1ccc(-c2ccccc2)s1. The van der Waals surface area contributed by atoms with Crippen LogP contribution in [0.2, 0.25) is 0 Å². The third-order valence-corrected chi connectivity index (χ3v) is 4.71. The summed E-state index contributed by atoms with van der Waals surface area (Å²) in [5.41, 5.74) is 3.91. The number of aryl methyl sites for hydroxylation is 1. The van der Waals surface area contributed by atoms with E-state index < -0.39 is 0 Å². The molecule has 0 aliphatic heterocycles. The van der Waals surface area contributed by atoms with Crippen LogP contribution in [0.15, 0.2) is 66.7 Å². The Hall–Kier alpha value is -2.06. The lowest BCUT2D eigenvalue weighted by Crippen LogP contribution is -2.00. The molecule has 1 aromatic heterocycles. The van der Waals surface area contributed by atoms with Gasteiger partial charge in [-0.05, 0) is 35.7 Å². The summed E-state index contributed by atoms with van der Waals surface area (Å²) in [6.45, 7) is 3.08. The van der Waals surface area contributed by atoms with Crippen LogP contribution < -0.4 is 5.32 Å². The zero-order valence-electron chi connectivity index (χ0n) is 12.2. The van der Waals surface area contributed by atoms with E-state index in [0.29, 0.717) is 0 Å². The first-order valence-electron chi connectivity index (χ1n) is 7.32. The number of hydrogen-bond acceptors (Lipinski definition) is 2. The Kier molecular flexibility index (Phi) is 4.37. The lowest BCUT2D eigenvalue weighted by atomic mass is 10.1. The Bertz CT molecular complexity index is 700. The predicted molar refractivity (Wildman–Crippen MR) is 92.9 cm³/mol. The second kappa shape index (κ2) is 6.59. The molecule has 3 aromatic rings. The van der Waals surface area contributed by atoms with E-state index in [-0.39, 0.29) is 0 Å². The summed E-state index contributed by atoms with van der Waals surface area (Å²) < 4.78 is 0. The highest BCUT2D eigenvalue weighted by Gasteiger charge is 2.04. The number of rotatable bonds is 5. The van der Waals surface area contributed by atoms with Gasteiger partial charge in [-0.2, -0.15) is 0 Å². The molecule has 0 saturated carbocycles. The van der Waals surface area contributed by atoms with E-state index in [4.69, 9.17) is 0 Å². The van der Waals surface area contributed by atoms with Crippen molar-refractivity contribution >= 4 is 17.0 Å². The topological polar surface area (TPSA) is 12.0 Å². The molecule has 0 fully saturated rings. The molecule has 0 amide bonds. The Labute approximate surface area is 130 Å². The molecule has 0 atom stereocenters. The van der Waals surface area contributed by atoms with Crippen LogP contribution >= 0.6 is 11.3 Å².